The molecule has 1 aliphatic rings. The molecule has 3 rings (SSSR count). The number of nitrogens with one attached hydrogen (secondary N) is 1. The highest BCUT2D eigenvalue weighted by molar-refractivity contribution is 5.42. The van der Waals surface area contributed by atoms with Crippen molar-refractivity contribution in [3.63, 3.8) is 0 Å². The van der Waals surface area contributed by atoms with E-state index in [0.29, 0.717) is 6.04 Å². The monoisotopic (exact) mass is 216 g/mol. The maximum atomic E-state index is 4.31. The Kier molecular flexibility index (Phi) is 2.38. The van der Waals surface area contributed by atoms with E-state index < -0.39 is 0 Å². The Morgan fingerprint density at radius 1 is 1.44 bits per heavy atom. The molecule has 0 saturated carbocycles. The topological polar surface area (TPSA) is 32.6 Å². The van der Waals surface area contributed by atoms with Gasteiger partial charge in [-0.25, -0.2) is 4.98 Å². The maximum Gasteiger partial charge on any atom is 0.136 e. The quantitative estimate of drug-likeness (QED) is 0.769. The Morgan fingerprint density at radius 2 is 2.38 bits per heavy atom. The van der Waals surface area contributed by atoms with Crippen LogP contribution in [0.3, 0.4) is 0 Å². The van der Waals surface area contributed by atoms with Gasteiger partial charge in [0.25, 0.3) is 0 Å². The molecule has 3 heterocycles. The van der Waals surface area contributed by atoms with Gasteiger partial charge >= 0.3 is 0 Å². The van der Waals surface area contributed by atoms with Crippen molar-refractivity contribution in [3.8, 4) is 0 Å². The van der Waals surface area contributed by atoms with Crippen LogP contribution in [0, 0.1) is 0 Å². The highest BCUT2D eigenvalue weighted by Gasteiger charge is 2.18. The fraction of sp³-hybridized carbons (Fsp3) is 0.417. The van der Waals surface area contributed by atoms with Crippen molar-refractivity contribution < 1.29 is 0 Å². The Hall–Kier alpha value is -1.39. The summed E-state index contributed by atoms with van der Waals surface area (Å²) >= 11 is 0. The van der Waals surface area contributed by atoms with Crippen LogP contribution in [-0.2, 0) is 0 Å². The van der Waals surface area contributed by atoms with E-state index in [-0.39, 0.29) is 0 Å². The van der Waals surface area contributed by atoms with Crippen LogP contribution in [0.2, 0.25) is 0 Å². The van der Waals surface area contributed by atoms with Crippen molar-refractivity contribution in [2.75, 3.05) is 26.7 Å². The smallest absolute Gasteiger partial charge is 0.136 e. The predicted octanol–water partition coefficient (Wildman–Crippen LogP) is 0.910. The van der Waals surface area contributed by atoms with Gasteiger partial charge in [-0.15, -0.1) is 0 Å². The Morgan fingerprint density at radius 3 is 3.25 bits per heavy atom. The van der Waals surface area contributed by atoms with Gasteiger partial charge in [0.1, 0.15) is 5.65 Å². The normalized spacial score (nSPS) is 22.7. The number of piperazine rings is 1. The number of imidazole rings is 1. The zero-order valence-electron chi connectivity index (χ0n) is 9.43. The van der Waals surface area contributed by atoms with Gasteiger partial charge in [0.2, 0.25) is 0 Å². The lowest BCUT2D eigenvalue weighted by molar-refractivity contribution is 0.241. The summed E-state index contributed by atoms with van der Waals surface area (Å²) in [6.07, 6.45) is 5.88. The Bertz CT molecular complexity index is 490. The third-order valence-electron chi connectivity index (χ3n) is 3.20. The van der Waals surface area contributed by atoms with E-state index in [1.54, 1.807) is 0 Å². The summed E-state index contributed by atoms with van der Waals surface area (Å²) in [6.45, 7) is 3.25. The van der Waals surface area contributed by atoms with Crippen LogP contribution in [-0.4, -0.2) is 41.0 Å². The summed E-state index contributed by atoms with van der Waals surface area (Å²) in [5, 5.41) is 3.54. The minimum absolute atomic E-state index is 0.431. The van der Waals surface area contributed by atoms with E-state index in [1.807, 2.05) is 16.8 Å². The number of hydrogen-bond donors (Lipinski definition) is 1. The molecule has 0 bridgehead atoms. The van der Waals surface area contributed by atoms with Crippen molar-refractivity contribution in [1.82, 2.24) is 19.6 Å². The third-order valence-corrected chi connectivity index (χ3v) is 3.20. The lowest BCUT2D eigenvalue weighted by atomic mass is 10.1. The van der Waals surface area contributed by atoms with Crippen LogP contribution in [0.1, 0.15) is 11.6 Å². The van der Waals surface area contributed by atoms with Crippen molar-refractivity contribution >= 4 is 5.65 Å². The fourth-order valence-electron chi connectivity index (χ4n) is 2.26. The number of fused-ring (bicyclic) bond motifs is 1. The van der Waals surface area contributed by atoms with E-state index in [2.05, 4.69) is 40.6 Å². The van der Waals surface area contributed by atoms with E-state index in [0.717, 1.165) is 25.3 Å². The van der Waals surface area contributed by atoms with Gasteiger partial charge in [0.15, 0.2) is 0 Å². The minimum Gasteiger partial charge on any atom is -0.308 e. The average Bonchev–Trinajstić information content (AvgIpc) is 2.75. The van der Waals surface area contributed by atoms with Crippen LogP contribution < -0.4 is 5.32 Å². The Balaban J connectivity index is 1.92. The van der Waals surface area contributed by atoms with Gasteiger partial charge in [0.05, 0.1) is 0 Å². The number of aromatic nitrogens is 2. The molecule has 16 heavy (non-hydrogen) atoms. The van der Waals surface area contributed by atoms with Crippen LogP contribution in [0.5, 0.6) is 0 Å². The Labute approximate surface area is 94.9 Å². The first-order valence-electron chi connectivity index (χ1n) is 5.67. The van der Waals surface area contributed by atoms with Crippen molar-refractivity contribution in [2.24, 2.45) is 0 Å². The van der Waals surface area contributed by atoms with Crippen LogP contribution in [0.25, 0.3) is 5.65 Å². The zero-order chi connectivity index (χ0) is 11.0. The van der Waals surface area contributed by atoms with Gasteiger partial charge in [0, 0.05) is 44.3 Å². The molecule has 1 atom stereocenters. The van der Waals surface area contributed by atoms with Crippen LogP contribution in [0.4, 0.5) is 0 Å². The van der Waals surface area contributed by atoms with E-state index in [1.165, 1.54) is 5.56 Å². The molecule has 4 heteroatoms. The van der Waals surface area contributed by atoms with Crippen LogP contribution in [0.15, 0.2) is 30.7 Å². The first-order chi connectivity index (χ1) is 7.83. The molecule has 84 valence electrons. The van der Waals surface area contributed by atoms with Crippen molar-refractivity contribution in [3.05, 3.63) is 36.3 Å². The SMILES string of the molecule is CN1CCNC(c2ccn3ccnc3c2)C1. The van der Waals surface area contributed by atoms with E-state index in [4.69, 9.17) is 0 Å². The second-order valence-corrected chi connectivity index (χ2v) is 4.42. The number of likely N-dealkylation sites (N-methyl/N-ethyl adjacent to an activating group) is 1. The molecule has 1 N–H and O–H groups in total. The largest absolute Gasteiger partial charge is 0.308 e. The first-order valence-corrected chi connectivity index (χ1v) is 5.67. The summed E-state index contributed by atoms with van der Waals surface area (Å²) in [5.74, 6) is 0. The molecule has 0 spiro atoms. The van der Waals surface area contributed by atoms with Crippen molar-refractivity contribution in [2.45, 2.75) is 6.04 Å². The van der Waals surface area contributed by atoms with Gasteiger partial charge in [-0.3, -0.25) is 0 Å². The summed E-state index contributed by atoms with van der Waals surface area (Å²) in [6, 6.07) is 4.77. The molecule has 0 amide bonds. The third kappa shape index (κ3) is 1.70. The molecule has 0 radical (unpaired) electrons. The number of nitrogens with zero attached hydrogens (tertiary/aromatic N) is 3. The van der Waals surface area contributed by atoms with Crippen LogP contribution >= 0.6 is 0 Å². The highest BCUT2D eigenvalue weighted by Crippen LogP contribution is 2.17. The second kappa shape index (κ2) is 3.88. The summed E-state index contributed by atoms with van der Waals surface area (Å²) in [7, 11) is 2.17. The predicted molar refractivity (Wildman–Crippen MR) is 63.4 cm³/mol. The number of pyridine rings is 1. The molecule has 1 aliphatic heterocycles. The van der Waals surface area contributed by atoms with Gasteiger partial charge in [-0.2, -0.15) is 0 Å². The molecule has 4 nitrogen and oxygen atoms in total. The molecule has 1 saturated heterocycles. The molecule has 1 fully saturated rings. The number of hydrogen-bond acceptors (Lipinski definition) is 3. The molecule has 0 aliphatic carbocycles. The van der Waals surface area contributed by atoms with Crippen molar-refractivity contribution in [1.29, 1.82) is 0 Å². The average molecular weight is 216 g/mol. The second-order valence-electron chi connectivity index (χ2n) is 4.42. The first kappa shape index (κ1) is 9.81. The molecule has 1 unspecified atom stereocenters. The molecular formula is C12H16N4. The van der Waals surface area contributed by atoms with E-state index >= 15 is 0 Å². The molecular weight excluding hydrogens is 200 g/mol. The molecule has 0 aromatic carbocycles. The van der Waals surface area contributed by atoms with Gasteiger partial charge in [-0.1, -0.05) is 0 Å². The van der Waals surface area contributed by atoms with Gasteiger partial charge < -0.3 is 14.6 Å². The standard InChI is InChI=1S/C12H16N4/c1-15-6-3-13-11(9-15)10-2-5-16-7-4-14-12(16)8-10/h2,4-5,7-8,11,13H,3,6,9H2,1H3. The molecule has 2 aromatic heterocycles. The van der Waals surface area contributed by atoms with Gasteiger partial charge in [-0.05, 0) is 24.7 Å². The molecule has 2 aromatic rings. The highest BCUT2D eigenvalue weighted by atomic mass is 15.2. The zero-order valence-corrected chi connectivity index (χ0v) is 9.43. The lowest BCUT2D eigenvalue weighted by Gasteiger charge is -2.31. The number of rotatable bonds is 1. The lowest BCUT2D eigenvalue weighted by Crippen LogP contribution is -2.43. The minimum atomic E-state index is 0.431. The summed E-state index contributed by atoms with van der Waals surface area (Å²) in [4.78, 5) is 6.67. The fourth-order valence-corrected chi connectivity index (χ4v) is 2.26. The van der Waals surface area contributed by atoms with E-state index in [9.17, 15) is 0 Å². The summed E-state index contributed by atoms with van der Waals surface area (Å²) < 4.78 is 2.04. The summed E-state index contributed by atoms with van der Waals surface area (Å²) in [5.41, 5.74) is 2.35. The maximum absolute atomic E-state index is 4.31.